The molecule has 0 saturated carbocycles. The van der Waals surface area contributed by atoms with Crippen LogP contribution in [0.4, 0.5) is 0 Å². The van der Waals surface area contributed by atoms with Crippen LogP contribution in [0.3, 0.4) is 0 Å². The summed E-state index contributed by atoms with van der Waals surface area (Å²) in [7, 11) is 0. The van der Waals surface area contributed by atoms with E-state index in [0.29, 0.717) is 31.9 Å². The maximum absolute atomic E-state index is 12.3. The topological polar surface area (TPSA) is 69.0 Å². The highest BCUT2D eigenvalue weighted by Crippen LogP contribution is 2.19. The van der Waals surface area contributed by atoms with E-state index in [-0.39, 0.29) is 11.9 Å². The zero-order valence-corrected chi connectivity index (χ0v) is 14.6. The Morgan fingerprint density at radius 2 is 1.96 bits per heavy atom. The van der Waals surface area contributed by atoms with Gasteiger partial charge in [0.15, 0.2) is 0 Å². The van der Waals surface area contributed by atoms with Crippen molar-refractivity contribution in [2.75, 3.05) is 6.61 Å². The molecule has 1 aromatic carbocycles. The first kappa shape index (κ1) is 18.0. The maximum Gasteiger partial charge on any atom is 0.220 e. The lowest BCUT2D eigenvalue weighted by Gasteiger charge is -2.22. The number of aromatic nitrogens is 3. The van der Waals surface area contributed by atoms with Crippen LogP contribution in [0, 0.1) is 5.92 Å². The van der Waals surface area contributed by atoms with Crippen LogP contribution in [0.25, 0.3) is 0 Å². The predicted octanol–water partition coefficient (Wildman–Crippen LogP) is 2.45. The van der Waals surface area contributed by atoms with Gasteiger partial charge in [0.1, 0.15) is 5.75 Å². The third-order valence-corrected chi connectivity index (χ3v) is 3.87. The van der Waals surface area contributed by atoms with Crippen LogP contribution in [0.2, 0.25) is 0 Å². The van der Waals surface area contributed by atoms with Crippen molar-refractivity contribution in [2.45, 2.75) is 46.2 Å². The van der Waals surface area contributed by atoms with Crippen LogP contribution in [0.5, 0.6) is 5.75 Å². The highest BCUT2D eigenvalue weighted by molar-refractivity contribution is 5.76. The Bertz CT molecular complexity index is 626. The first-order chi connectivity index (χ1) is 11.6. The number of rotatable bonds is 9. The molecule has 0 saturated heterocycles. The van der Waals surface area contributed by atoms with Gasteiger partial charge in [-0.3, -0.25) is 4.79 Å². The van der Waals surface area contributed by atoms with Crippen LogP contribution in [-0.2, 0) is 17.8 Å². The lowest BCUT2D eigenvalue weighted by molar-refractivity contribution is -0.122. The molecule has 0 fully saturated rings. The third-order valence-electron chi connectivity index (χ3n) is 3.87. The number of nitrogens with one attached hydrogen (secondary N) is 1. The minimum Gasteiger partial charge on any atom is -0.494 e. The molecule has 1 heterocycles. The van der Waals surface area contributed by atoms with Gasteiger partial charge in [0.2, 0.25) is 5.91 Å². The molecule has 6 nitrogen and oxygen atoms in total. The summed E-state index contributed by atoms with van der Waals surface area (Å²) < 4.78 is 5.61. The van der Waals surface area contributed by atoms with Crippen LogP contribution in [0.15, 0.2) is 36.7 Å². The van der Waals surface area contributed by atoms with Gasteiger partial charge in [-0.15, -0.1) is 0 Å². The van der Waals surface area contributed by atoms with Gasteiger partial charge in [-0.05, 0) is 30.9 Å². The summed E-state index contributed by atoms with van der Waals surface area (Å²) in [5.41, 5.74) is 1.06. The molecule has 1 atom stereocenters. The van der Waals surface area contributed by atoms with E-state index in [1.165, 1.54) is 0 Å². The molecule has 24 heavy (non-hydrogen) atoms. The molecule has 0 radical (unpaired) electrons. The van der Waals surface area contributed by atoms with Crippen molar-refractivity contribution in [2.24, 2.45) is 5.92 Å². The molecule has 0 bridgehead atoms. The summed E-state index contributed by atoms with van der Waals surface area (Å²) >= 11 is 0. The van der Waals surface area contributed by atoms with Crippen molar-refractivity contribution >= 4 is 5.91 Å². The number of nitrogens with zero attached hydrogens (tertiary/aromatic N) is 3. The average Bonchev–Trinajstić information content (AvgIpc) is 3.07. The van der Waals surface area contributed by atoms with Crippen LogP contribution in [0.1, 0.15) is 32.8 Å². The molecule has 0 aliphatic rings. The highest BCUT2D eigenvalue weighted by atomic mass is 16.5. The number of hydrogen-bond acceptors (Lipinski definition) is 4. The van der Waals surface area contributed by atoms with Gasteiger partial charge < -0.3 is 10.1 Å². The summed E-state index contributed by atoms with van der Waals surface area (Å²) in [5.74, 6) is 1.19. The number of aryl methyl sites for hydroxylation is 1. The Balaban J connectivity index is 1.89. The summed E-state index contributed by atoms with van der Waals surface area (Å²) in [5, 5.41) is 11.3. The monoisotopic (exact) mass is 330 g/mol. The molecule has 2 rings (SSSR count). The Kier molecular flexibility index (Phi) is 6.78. The number of ether oxygens (including phenoxy) is 1. The zero-order valence-electron chi connectivity index (χ0n) is 14.6. The summed E-state index contributed by atoms with van der Waals surface area (Å²) in [4.78, 5) is 13.9. The summed E-state index contributed by atoms with van der Waals surface area (Å²) in [6.07, 6.45) is 4.38. The normalized spacial score (nSPS) is 12.2. The minimum atomic E-state index is 0.00651. The number of amides is 1. The van der Waals surface area contributed by atoms with E-state index in [4.69, 9.17) is 4.74 Å². The first-order valence-corrected chi connectivity index (χ1v) is 8.44. The third kappa shape index (κ3) is 5.37. The SMILES string of the molecule is CCOc1ccccc1CCC(=O)NC(Cn1nccn1)C(C)C. The van der Waals surface area contributed by atoms with E-state index in [2.05, 4.69) is 29.4 Å². The molecular formula is C18H26N4O2. The van der Waals surface area contributed by atoms with Gasteiger partial charge in [0.05, 0.1) is 31.6 Å². The lowest BCUT2D eigenvalue weighted by atomic mass is 10.0. The average molecular weight is 330 g/mol. The molecule has 0 aliphatic carbocycles. The molecular weight excluding hydrogens is 304 g/mol. The minimum absolute atomic E-state index is 0.00651. The number of benzene rings is 1. The first-order valence-electron chi connectivity index (χ1n) is 8.44. The Morgan fingerprint density at radius 1 is 1.25 bits per heavy atom. The number of carbonyl (C=O) groups excluding carboxylic acids is 1. The van der Waals surface area contributed by atoms with Gasteiger partial charge >= 0.3 is 0 Å². The largest absolute Gasteiger partial charge is 0.494 e. The van der Waals surface area contributed by atoms with E-state index < -0.39 is 0 Å². The Morgan fingerprint density at radius 3 is 2.62 bits per heavy atom. The highest BCUT2D eigenvalue weighted by Gasteiger charge is 2.18. The fraction of sp³-hybridized carbons (Fsp3) is 0.500. The van der Waals surface area contributed by atoms with E-state index in [9.17, 15) is 4.79 Å². The van der Waals surface area contributed by atoms with Crippen LogP contribution < -0.4 is 10.1 Å². The molecule has 130 valence electrons. The maximum atomic E-state index is 12.3. The molecule has 6 heteroatoms. The molecule has 1 aromatic heterocycles. The summed E-state index contributed by atoms with van der Waals surface area (Å²) in [6, 6.07) is 7.87. The molecule has 1 N–H and O–H groups in total. The van der Waals surface area contributed by atoms with Crippen molar-refractivity contribution in [3.63, 3.8) is 0 Å². The second-order valence-electron chi connectivity index (χ2n) is 6.04. The van der Waals surface area contributed by atoms with Crippen molar-refractivity contribution in [1.29, 1.82) is 0 Å². The van der Waals surface area contributed by atoms with Crippen molar-refractivity contribution in [1.82, 2.24) is 20.3 Å². The van der Waals surface area contributed by atoms with Gasteiger partial charge in [-0.2, -0.15) is 15.0 Å². The molecule has 1 amide bonds. The number of carbonyl (C=O) groups is 1. The van der Waals surface area contributed by atoms with Crippen molar-refractivity contribution in [3.8, 4) is 5.75 Å². The van der Waals surface area contributed by atoms with E-state index >= 15 is 0 Å². The summed E-state index contributed by atoms with van der Waals surface area (Å²) in [6.45, 7) is 7.32. The van der Waals surface area contributed by atoms with Crippen molar-refractivity contribution < 1.29 is 9.53 Å². The Hall–Kier alpha value is -2.37. The van der Waals surface area contributed by atoms with Crippen LogP contribution in [-0.4, -0.2) is 33.5 Å². The molecule has 1 unspecified atom stereocenters. The van der Waals surface area contributed by atoms with Gasteiger partial charge in [0, 0.05) is 6.42 Å². The smallest absolute Gasteiger partial charge is 0.220 e. The predicted molar refractivity (Wildman–Crippen MR) is 92.7 cm³/mol. The Labute approximate surface area is 143 Å². The van der Waals surface area contributed by atoms with Gasteiger partial charge in [-0.25, -0.2) is 0 Å². The quantitative estimate of drug-likeness (QED) is 0.767. The second-order valence-corrected chi connectivity index (χ2v) is 6.04. The fourth-order valence-electron chi connectivity index (χ4n) is 2.47. The number of hydrogen-bond donors (Lipinski definition) is 1. The zero-order chi connectivity index (χ0) is 17.4. The van der Waals surface area contributed by atoms with Crippen LogP contribution >= 0.6 is 0 Å². The molecule has 2 aromatic rings. The molecule has 0 spiro atoms. The fourth-order valence-corrected chi connectivity index (χ4v) is 2.47. The lowest BCUT2D eigenvalue weighted by Crippen LogP contribution is -2.42. The van der Waals surface area contributed by atoms with Gasteiger partial charge in [-0.1, -0.05) is 32.0 Å². The van der Waals surface area contributed by atoms with E-state index in [1.54, 1.807) is 17.2 Å². The van der Waals surface area contributed by atoms with Crippen molar-refractivity contribution in [3.05, 3.63) is 42.2 Å². The second kappa shape index (κ2) is 9.05. The number of para-hydroxylation sites is 1. The van der Waals surface area contributed by atoms with E-state index in [0.717, 1.165) is 11.3 Å². The standard InChI is InChI=1S/C18H26N4O2/c1-4-24-17-8-6-5-7-15(17)9-10-18(23)21-16(14(2)3)13-22-19-11-12-20-22/h5-8,11-12,14,16H,4,9-10,13H2,1-3H3,(H,21,23). The van der Waals surface area contributed by atoms with Gasteiger partial charge in [0.25, 0.3) is 0 Å². The van der Waals surface area contributed by atoms with E-state index in [1.807, 2.05) is 31.2 Å². The molecule has 0 aliphatic heterocycles.